The van der Waals surface area contributed by atoms with Crippen LogP contribution < -0.4 is 5.32 Å². The second kappa shape index (κ2) is 7.61. The Bertz CT molecular complexity index is 857. The third-order valence-electron chi connectivity index (χ3n) is 3.84. The summed E-state index contributed by atoms with van der Waals surface area (Å²) < 4.78 is 3.06. The van der Waals surface area contributed by atoms with Gasteiger partial charge in [0.1, 0.15) is 5.82 Å². The number of amides is 1. The van der Waals surface area contributed by atoms with E-state index in [4.69, 9.17) is 0 Å². The number of aryl methyl sites for hydroxylation is 1. The number of carbonyl (C=O) groups is 1. The molecule has 2 aromatic carbocycles. The normalized spacial score (nSPS) is 10.6. The van der Waals surface area contributed by atoms with E-state index in [1.807, 2.05) is 49.5 Å². The summed E-state index contributed by atoms with van der Waals surface area (Å²) in [4.78, 5) is 16.5. The van der Waals surface area contributed by atoms with Crippen molar-refractivity contribution >= 4 is 28.5 Å². The lowest BCUT2D eigenvalue weighted by Crippen LogP contribution is -2.23. The van der Waals surface area contributed by atoms with Crippen molar-refractivity contribution in [3.05, 3.63) is 87.0 Å². The van der Waals surface area contributed by atoms with Crippen LogP contribution in [0.5, 0.6) is 0 Å². The van der Waals surface area contributed by atoms with E-state index < -0.39 is 0 Å². The number of halogens is 1. The molecular weight excluding hydrogens is 413 g/mol. The molecule has 0 spiro atoms. The van der Waals surface area contributed by atoms with Gasteiger partial charge in [-0.2, -0.15) is 0 Å². The summed E-state index contributed by atoms with van der Waals surface area (Å²) in [5.41, 5.74) is 2.99. The van der Waals surface area contributed by atoms with E-state index >= 15 is 0 Å². The highest BCUT2D eigenvalue weighted by atomic mass is 127. The van der Waals surface area contributed by atoms with Gasteiger partial charge in [-0.05, 0) is 52.8 Å². The van der Waals surface area contributed by atoms with Crippen LogP contribution in [-0.4, -0.2) is 15.5 Å². The molecule has 1 N–H and O–H groups in total. The van der Waals surface area contributed by atoms with Crippen molar-refractivity contribution in [2.24, 2.45) is 0 Å². The van der Waals surface area contributed by atoms with Crippen molar-refractivity contribution in [2.45, 2.75) is 20.0 Å². The van der Waals surface area contributed by atoms with Gasteiger partial charge in [0.05, 0.1) is 5.56 Å². The number of nitrogens with zero attached hydrogens (tertiary/aromatic N) is 2. The number of hydrogen-bond acceptors (Lipinski definition) is 2. The number of aromatic nitrogens is 2. The van der Waals surface area contributed by atoms with Crippen LogP contribution in [0.4, 0.5) is 0 Å². The van der Waals surface area contributed by atoms with Crippen LogP contribution in [0.15, 0.2) is 60.9 Å². The summed E-state index contributed by atoms with van der Waals surface area (Å²) in [5, 5.41) is 2.99. The number of nitrogens with one attached hydrogen (secondary N) is 1. The maximum absolute atomic E-state index is 12.3. The van der Waals surface area contributed by atoms with Gasteiger partial charge in [-0.25, -0.2) is 4.98 Å². The summed E-state index contributed by atoms with van der Waals surface area (Å²) >= 11 is 2.18. The predicted octanol–water partition coefficient (Wildman–Crippen LogP) is 3.77. The van der Waals surface area contributed by atoms with Gasteiger partial charge < -0.3 is 9.88 Å². The molecule has 3 rings (SSSR count). The van der Waals surface area contributed by atoms with Gasteiger partial charge in [0, 0.05) is 29.1 Å². The molecule has 24 heavy (non-hydrogen) atoms. The fourth-order valence-electron chi connectivity index (χ4n) is 2.53. The molecule has 0 fully saturated rings. The van der Waals surface area contributed by atoms with Crippen LogP contribution in [0.25, 0.3) is 0 Å². The van der Waals surface area contributed by atoms with Crippen LogP contribution >= 0.6 is 22.6 Å². The molecule has 0 aliphatic rings. The molecule has 1 aromatic heterocycles. The van der Waals surface area contributed by atoms with E-state index in [1.165, 1.54) is 5.56 Å². The van der Waals surface area contributed by atoms with Crippen molar-refractivity contribution in [1.29, 1.82) is 0 Å². The SMILES string of the molecule is Cc1nccn1Cc1cccc(CNC(=O)c2ccccc2I)c1. The third-order valence-corrected chi connectivity index (χ3v) is 4.78. The Hall–Kier alpha value is -2.15. The van der Waals surface area contributed by atoms with Gasteiger partial charge in [0.2, 0.25) is 0 Å². The summed E-state index contributed by atoms with van der Waals surface area (Å²) in [6.45, 7) is 3.29. The minimum absolute atomic E-state index is 0.0455. The molecule has 5 heteroatoms. The summed E-state index contributed by atoms with van der Waals surface area (Å²) in [6.07, 6.45) is 3.78. The topological polar surface area (TPSA) is 46.9 Å². The lowest BCUT2D eigenvalue weighted by molar-refractivity contribution is 0.0950. The highest BCUT2D eigenvalue weighted by Crippen LogP contribution is 2.12. The Labute approximate surface area is 155 Å². The van der Waals surface area contributed by atoms with E-state index in [0.29, 0.717) is 12.1 Å². The molecule has 0 atom stereocenters. The quantitative estimate of drug-likeness (QED) is 0.626. The molecule has 0 aliphatic carbocycles. The zero-order chi connectivity index (χ0) is 16.9. The van der Waals surface area contributed by atoms with Gasteiger partial charge in [-0.1, -0.05) is 36.4 Å². The number of imidazole rings is 1. The molecule has 0 aliphatic heterocycles. The maximum atomic E-state index is 12.3. The second-order valence-corrected chi connectivity index (χ2v) is 6.75. The fourth-order valence-corrected chi connectivity index (χ4v) is 3.16. The standard InChI is InChI=1S/C19H18IN3O/c1-14-21-9-10-23(14)13-16-6-4-5-15(11-16)12-22-19(24)17-7-2-3-8-18(17)20/h2-11H,12-13H2,1H3,(H,22,24). The minimum Gasteiger partial charge on any atom is -0.348 e. The van der Waals surface area contributed by atoms with Gasteiger partial charge >= 0.3 is 0 Å². The molecule has 1 heterocycles. The van der Waals surface area contributed by atoms with Crippen molar-refractivity contribution in [1.82, 2.24) is 14.9 Å². The number of rotatable bonds is 5. The Morgan fingerprint density at radius 3 is 2.71 bits per heavy atom. The van der Waals surface area contributed by atoms with Crippen molar-refractivity contribution in [3.8, 4) is 0 Å². The Morgan fingerprint density at radius 2 is 1.96 bits per heavy atom. The predicted molar refractivity (Wildman–Crippen MR) is 103 cm³/mol. The Kier molecular flexibility index (Phi) is 5.30. The van der Waals surface area contributed by atoms with Gasteiger partial charge in [0.25, 0.3) is 5.91 Å². The van der Waals surface area contributed by atoms with E-state index in [-0.39, 0.29) is 5.91 Å². The zero-order valence-electron chi connectivity index (χ0n) is 13.4. The van der Waals surface area contributed by atoms with Crippen LogP contribution in [-0.2, 0) is 13.1 Å². The fraction of sp³-hybridized carbons (Fsp3) is 0.158. The molecular formula is C19H18IN3O. The average Bonchev–Trinajstić information content (AvgIpc) is 2.98. The van der Waals surface area contributed by atoms with Gasteiger partial charge in [-0.3, -0.25) is 4.79 Å². The third kappa shape index (κ3) is 4.03. The number of carbonyl (C=O) groups excluding carboxylic acids is 1. The van der Waals surface area contributed by atoms with Crippen molar-refractivity contribution in [3.63, 3.8) is 0 Å². The molecule has 0 bridgehead atoms. The Morgan fingerprint density at radius 1 is 1.17 bits per heavy atom. The lowest BCUT2D eigenvalue weighted by Gasteiger charge is -2.09. The summed E-state index contributed by atoms with van der Waals surface area (Å²) in [6, 6.07) is 15.8. The molecule has 1 amide bonds. The molecule has 122 valence electrons. The lowest BCUT2D eigenvalue weighted by atomic mass is 10.1. The van der Waals surface area contributed by atoms with Crippen LogP contribution in [0, 0.1) is 10.5 Å². The van der Waals surface area contributed by atoms with E-state index in [9.17, 15) is 4.79 Å². The van der Waals surface area contributed by atoms with Crippen LogP contribution in [0.3, 0.4) is 0 Å². The van der Waals surface area contributed by atoms with E-state index in [2.05, 4.69) is 49.6 Å². The van der Waals surface area contributed by atoms with Crippen LogP contribution in [0.2, 0.25) is 0 Å². The first-order chi connectivity index (χ1) is 11.6. The molecule has 0 radical (unpaired) electrons. The number of hydrogen-bond donors (Lipinski definition) is 1. The molecule has 3 aromatic rings. The molecule has 0 saturated carbocycles. The zero-order valence-corrected chi connectivity index (χ0v) is 15.5. The van der Waals surface area contributed by atoms with Crippen molar-refractivity contribution < 1.29 is 4.79 Å². The highest BCUT2D eigenvalue weighted by molar-refractivity contribution is 14.1. The van der Waals surface area contributed by atoms with E-state index in [1.54, 1.807) is 6.20 Å². The second-order valence-electron chi connectivity index (χ2n) is 5.58. The monoisotopic (exact) mass is 431 g/mol. The maximum Gasteiger partial charge on any atom is 0.252 e. The Balaban J connectivity index is 1.66. The number of benzene rings is 2. The van der Waals surface area contributed by atoms with Gasteiger partial charge in [0.15, 0.2) is 0 Å². The molecule has 0 unspecified atom stereocenters. The minimum atomic E-state index is -0.0455. The highest BCUT2D eigenvalue weighted by Gasteiger charge is 2.08. The molecule has 0 saturated heterocycles. The summed E-state index contributed by atoms with van der Waals surface area (Å²) in [5.74, 6) is 0.947. The van der Waals surface area contributed by atoms with Crippen molar-refractivity contribution in [2.75, 3.05) is 0 Å². The average molecular weight is 431 g/mol. The first kappa shape index (κ1) is 16.7. The molecule has 4 nitrogen and oxygen atoms in total. The van der Waals surface area contributed by atoms with Crippen LogP contribution in [0.1, 0.15) is 27.3 Å². The largest absolute Gasteiger partial charge is 0.348 e. The smallest absolute Gasteiger partial charge is 0.252 e. The summed E-state index contributed by atoms with van der Waals surface area (Å²) in [7, 11) is 0. The first-order valence-corrected chi connectivity index (χ1v) is 8.79. The van der Waals surface area contributed by atoms with Gasteiger partial charge in [-0.15, -0.1) is 0 Å². The van der Waals surface area contributed by atoms with E-state index in [0.717, 1.165) is 21.5 Å². The first-order valence-electron chi connectivity index (χ1n) is 7.72.